The van der Waals surface area contributed by atoms with Crippen molar-refractivity contribution in [2.45, 2.75) is 38.3 Å². The van der Waals surface area contributed by atoms with Crippen LogP contribution < -0.4 is 15.0 Å². The van der Waals surface area contributed by atoms with Gasteiger partial charge in [0.25, 0.3) is 0 Å². The lowest BCUT2D eigenvalue weighted by molar-refractivity contribution is -0.0251. The van der Waals surface area contributed by atoms with Gasteiger partial charge in [0.15, 0.2) is 11.5 Å². The Morgan fingerprint density at radius 1 is 1.28 bits per heavy atom. The van der Waals surface area contributed by atoms with Gasteiger partial charge < -0.3 is 9.47 Å². The number of nitrogens with zero attached hydrogens (tertiary/aromatic N) is 1. The predicted molar refractivity (Wildman–Crippen MR) is 67.5 cm³/mol. The van der Waals surface area contributed by atoms with Gasteiger partial charge in [-0.15, -0.1) is 0 Å². The van der Waals surface area contributed by atoms with Gasteiger partial charge in [-0.1, -0.05) is 12.8 Å². The van der Waals surface area contributed by atoms with Crippen LogP contribution >= 0.6 is 0 Å². The number of pyridine rings is 1. The number of aromatic nitrogens is 1. The van der Waals surface area contributed by atoms with Crippen molar-refractivity contribution >= 4 is 0 Å². The molecule has 1 saturated carbocycles. The van der Waals surface area contributed by atoms with E-state index in [1.54, 1.807) is 26.5 Å². The van der Waals surface area contributed by atoms with Crippen molar-refractivity contribution in [2.24, 2.45) is 0 Å². The standard InChI is InChI=1S/C13H20N2O3/c1-16-12-7-8-14-11(13(12)17-2)9-15-18-10-5-3-4-6-10/h7-8,10,15H,3-6,9H2,1-2H3. The van der Waals surface area contributed by atoms with Crippen LogP contribution in [0.1, 0.15) is 31.4 Å². The number of nitrogens with one attached hydrogen (secondary N) is 1. The molecular weight excluding hydrogens is 232 g/mol. The Bertz CT molecular complexity index is 378. The summed E-state index contributed by atoms with van der Waals surface area (Å²) in [7, 11) is 3.23. The topological polar surface area (TPSA) is 52.6 Å². The Morgan fingerprint density at radius 2 is 2.06 bits per heavy atom. The maximum absolute atomic E-state index is 5.59. The summed E-state index contributed by atoms with van der Waals surface area (Å²) in [6, 6.07) is 1.78. The van der Waals surface area contributed by atoms with E-state index in [2.05, 4.69) is 10.5 Å². The summed E-state index contributed by atoms with van der Waals surface area (Å²) in [6.45, 7) is 0.511. The Labute approximate surface area is 107 Å². The molecule has 100 valence electrons. The van der Waals surface area contributed by atoms with Crippen molar-refractivity contribution < 1.29 is 14.3 Å². The van der Waals surface area contributed by atoms with Crippen LogP contribution in [-0.2, 0) is 11.4 Å². The molecule has 0 atom stereocenters. The first-order chi connectivity index (χ1) is 8.85. The molecule has 1 aliphatic carbocycles. The fraction of sp³-hybridized carbons (Fsp3) is 0.615. The van der Waals surface area contributed by atoms with Crippen LogP contribution in [0.2, 0.25) is 0 Å². The quantitative estimate of drug-likeness (QED) is 0.785. The number of rotatable bonds is 6. The zero-order chi connectivity index (χ0) is 12.8. The summed E-state index contributed by atoms with van der Waals surface area (Å²) < 4.78 is 10.5. The van der Waals surface area contributed by atoms with Gasteiger partial charge in [0.2, 0.25) is 0 Å². The van der Waals surface area contributed by atoms with Gasteiger partial charge in [-0.3, -0.25) is 9.82 Å². The number of methoxy groups -OCH3 is 2. The zero-order valence-corrected chi connectivity index (χ0v) is 10.9. The van der Waals surface area contributed by atoms with Crippen LogP contribution in [0.25, 0.3) is 0 Å². The molecule has 0 radical (unpaired) electrons. The first-order valence-corrected chi connectivity index (χ1v) is 6.29. The minimum atomic E-state index is 0.335. The van der Waals surface area contributed by atoms with E-state index in [1.807, 2.05) is 0 Å². The maximum atomic E-state index is 5.59. The highest BCUT2D eigenvalue weighted by atomic mass is 16.7. The maximum Gasteiger partial charge on any atom is 0.183 e. The smallest absolute Gasteiger partial charge is 0.183 e. The lowest BCUT2D eigenvalue weighted by Crippen LogP contribution is -2.22. The molecule has 1 fully saturated rings. The minimum absolute atomic E-state index is 0.335. The molecule has 2 rings (SSSR count). The summed E-state index contributed by atoms with van der Waals surface area (Å²) in [5.41, 5.74) is 3.76. The molecule has 1 N–H and O–H groups in total. The molecule has 1 aromatic heterocycles. The fourth-order valence-electron chi connectivity index (χ4n) is 2.21. The molecule has 5 heteroatoms. The first kappa shape index (κ1) is 13.1. The molecule has 0 spiro atoms. The first-order valence-electron chi connectivity index (χ1n) is 6.29. The average Bonchev–Trinajstić information content (AvgIpc) is 2.91. The fourth-order valence-corrected chi connectivity index (χ4v) is 2.21. The van der Waals surface area contributed by atoms with Gasteiger partial charge in [0.1, 0.15) is 5.69 Å². The van der Waals surface area contributed by atoms with E-state index in [4.69, 9.17) is 14.3 Å². The molecule has 0 amide bonds. The van der Waals surface area contributed by atoms with Crippen molar-refractivity contribution in [1.82, 2.24) is 10.5 Å². The molecule has 1 aromatic rings. The van der Waals surface area contributed by atoms with Gasteiger partial charge in [-0.2, -0.15) is 5.48 Å². The van der Waals surface area contributed by atoms with Crippen LogP contribution in [0, 0.1) is 0 Å². The van der Waals surface area contributed by atoms with E-state index in [-0.39, 0.29) is 0 Å². The summed E-state index contributed by atoms with van der Waals surface area (Å²) in [5.74, 6) is 1.34. The summed E-state index contributed by atoms with van der Waals surface area (Å²) >= 11 is 0. The molecule has 0 bridgehead atoms. The third-order valence-electron chi connectivity index (χ3n) is 3.16. The Morgan fingerprint density at radius 3 is 2.72 bits per heavy atom. The lowest BCUT2D eigenvalue weighted by Gasteiger charge is -2.14. The van der Waals surface area contributed by atoms with Gasteiger partial charge in [0, 0.05) is 12.3 Å². The lowest BCUT2D eigenvalue weighted by atomic mass is 10.3. The van der Waals surface area contributed by atoms with Crippen LogP contribution in [0.15, 0.2) is 12.3 Å². The van der Waals surface area contributed by atoms with E-state index < -0.39 is 0 Å². The highest BCUT2D eigenvalue weighted by Gasteiger charge is 2.16. The van der Waals surface area contributed by atoms with Crippen LogP contribution in [-0.4, -0.2) is 25.3 Å². The Kier molecular flexibility index (Phi) is 4.78. The van der Waals surface area contributed by atoms with Crippen LogP contribution in [0.3, 0.4) is 0 Å². The van der Waals surface area contributed by atoms with Crippen molar-refractivity contribution in [2.75, 3.05) is 14.2 Å². The van der Waals surface area contributed by atoms with E-state index in [0.29, 0.717) is 24.1 Å². The molecule has 0 aliphatic heterocycles. The zero-order valence-electron chi connectivity index (χ0n) is 10.9. The van der Waals surface area contributed by atoms with Crippen molar-refractivity contribution in [3.05, 3.63) is 18.0 Å². The van der Waals surface area contributed by atoms with E-state index in [1.165, 1.54) is 12.8 Å². The van der Waals surface area contributed by atoms with Gasteiger partial charge in [-0.05, 0) is 12.8 Å². The number of ether oxygens (including phenoxy) is 2. The van der Waals surface area contributed by atoms with Crippen molar-refractivity contribution in [3.63, 3.8) is 0 Å². The van der Waals surface area contributed by atoms with Crippen molar-refractivity contribution in [1.29, 1.82) is 0 Å². The molecule has 1 heterocycles. The Hall–Kier alpha value is -1.33. The van der Waals surface area contributed by atoms with Crippen molar-refractivity contribution in [3.8, 4) is 11.5 Å². The average molecular weight is 252 g/mol. The molecule has 0 saturated heterocycles. The number of hydrogen-bond acceptors (Lipinski definition) is 5. The molecule has 1 aliphatic rings. The third-order valence-corrected chi connectivity index (χ3v) is 3.16. The van der Waals surface area contributed by atoms with Gasteiger partial charge >= 0.3 is 0 Å². The third kappa shape index (κ3) is 3.11. The molecule has 0 aromatic carbocycles. The predicted octanol–water partition coefficient (Wildman–Crippen LogP) is 2.06. The number of hydrogen-bond donors (Lipinski definition) is 1. The molecule has 0 unspecified atom stereocenters. The monoisotopic (exact) mass is 252 g/mol. The Balaban J connectivity index is 1.91. The molecule has 18 heavy (non-hydrogen) atoms. The summed E-state index contributed by atoms with van der Waals surface area (Å²) in [5, 5.41) is 0. The van der Waals surface area contributed by atoms with E-state index in [9.17, 15) is 0 Å². The second-order valence-electron chi connectivity index (χ2n) is 4.34. The highest BCUT2D eigenvalue weighted by molar-refractivity contribution is 5.42. The largest absolute Gasteiger partial charge is 0.493 e. The second-order valence-corrected chi connectivity index (χ2v) is 4.34. The normalized spacial score (nSPS) is 15.9. The minimum Gasteiger partial charge on any atom is -0.493 e. The van der Waals surface area contributed by atoms with Gasteiger partial charge in [-0.25, -0.2) is 0 Å². The van der Waals surface area contributed by atoms with Crippen LogP contribution in [0.5, 0.6) is 11.5 Å². The summed E-state index contributed by atoms with van der Waals surface area (Å²) in [4.78, 5) is 9.87. The van der Waals surface area contributed by atoms with Crippen LogP contribution in [0.4, 0.5) is 0 Å². The summed E-state index contributed by atoms with van der Waals surface area (Å²) in [6.07, 6.45) is 6.82. The molecule has 5 nitrogen and oxygen atoms in total. The molecular formula is C13H20N2O3. The van der Waals surface area contributed by atoms with E-state index in [0.717, 1.165) is 18.5 Å². The second kappa shape index (κ2) is 6.56. The number of hydroxylamine groups is 1. The van der Waals surface area contributed by atoms with Gasteiger partial charge in [0.05, 0.1) is 26.9 Å². The SMILES string of the molecule is COc1ccnc(CNOC2CCCC2)c1OC. The highest BCUT2D eigenvalue weighted by Crippen LogP contribution is 2.29. The van der Waals surface area contributed by atoms with E-state index >= 15 is 0 Å².